The van der Waals surface area contributed by atoms with E-state index in [1.165, 1.54) is 0 Å². The molecule has 1 aliphatic rings. The van der Waals surface area contributed by atoms with E-state index in [0.29, 0.717) is 12.5 Å². The second-order valence-electron chi connectivity index (χ2n) is 7.27. The molecule has 6 heteroatoms. The van der Waals surface area contributed by atoms with E-state index < -0.39 is 14.6 Å². The fraction of sp³-hybridized carbons (Fsp3) is 1.00. The van der Waals surface area contributed by atoms with Crippen LogP contribution in [0.5, 0.6) is 0 Å². The van der Waals surface area contributed by atoms with Gasteiger partial charge in [-0.05, 0) is 52.7 Å². The quantitative estimate of drug-likeness (QED) is 0.784. The van der Waals surface area contributed by atoms with Crippen LogP contribution in [0.25, 0.3) is 0 Å². The Morgan fingerprint density at radius 1 is 1.10 bits per heavy atom. The van der Waals surface area contributed by atoms with Crippen molar-refractivity contribution in [3.8, 4) is 0 Å². The first-order valence-corrected chi connectivity index (χ1v) is 9.68. The topological polar surface area (TPSA) is 66.6 Å². The molecule has 0 aromatic rings. The standard InChI is InChI=1S/C15H33N3O2S/c1-14(12-16)13-18-7-5-6-17(8-9-18)10-11-21(19,20)15(2,3)4/h14H,5-13,16H2,1-4H3. The Morgan fingerprint density at radius 2 is 1.67 bits per heavy atom. The average molecular weight is 320 g/mol. The molecular formula is C15H33N3O2S. The van der Waals surface area contributed by atoms with Gasteiger partial charge in [0.2, 0.25) is 0 Å². The maximum absolute atomic E-state index is 12.2. The highest BCUT2D eigenvalue weighted by Crippen LogP contribution is 2.16. The summed E-state index contributed by atoms with van der Waals surface area (Å²) in [6.07, 6.45) is 1.10. The number of sulfone groups is 1. The third-order valence-corrected chi connectivity index (χ3v) is 6.85. The minimum atomic E-state index is -3.02. The molecule has 5 nitrogen and oxygen atoms in total. The highest BCUT2D eigenvalue weighted by Gasteiger charge is 2.29. The van der Waals surface area contributed by atoms with Crippen LogP contribution < -0.4 is 5.73 Å². The molecule has 1 unspecified atom stereocenters. The lowest BCUT2D eigenvalue weighted by Gasteiger charge is -2.25. The molecule has 0 saturated carbocycles. The Labute approximate surface area is 130 Å². The van der Waals surface area contributed by atoms with Crippen LogP contribution in [0.3, 0.4) is 0 Å². The van der Waals surface area contributed by atoms with Gasteiger partial charge in [-0.15, -0.1) is 0 Å². The van der Waals surface area contributed by atoms with E-state index in [9.17, 15) is 8.42 Å². The Morgan fingerprint density at radius 3 is 2.24 bits per heavy atom. The van der Waals surface area contributed by atoms with Crippen LogP contribution in [0.4, 0.5) is 0 Å². The fourth-order valence-corrected chi connectivity index (χ4v) is 3.61. The lowest BCUT2D eigenvalue weighted by molar-refractivity contribution is 0.238. The van der Waals surface area contributed by atoms with Gasteiger partial charge in [0.05, 0.1) is 10.5 Å². The number of hydrogen-bond acceptors (Lipinski definition) is 5. The van der Waals surface area contributed by atoms with Crippen LogP contribution in [0.2, 0.25) is 0 Å². The smallest absolute Gasteiger partial charge is 0.156 e. The van der Waals surface area contributed by atoms with Gasteiger partial charge < -0.3 is 15.5 Å². The van der Waals surface area contributed by atoms with Crippen molar-refractivity contribution < 1.29 is 8.42 Å². The van der Waals surface area contributed by atoms with Gasteiger partial charge in [-0.2, -0.15) is 0 Å². The molecule has 0 aliphatic carbocycles. The molecule has 1 fully saturated rings. The molecule has 1 aliphatic heterocycles. The Balaban J connectivity index is 2.43. The van der Waals surface area contributed by atoms with Crippen molar-refractivity contribution in [1.29, 1.82) is 0 Å². The second kappa shape index (κ2) is 7.90. The Bertz CT molecular complexity index is 404. The normalized spacial score (nSPS) is 21.2. The summed E-state index contributed by atoms with van der Waals surface area (Å²) in [7, 11) is -3.02. The maximum Gasteiger partial charge on any atom is 0.156 e. The fourth-order valence-electron chi connectivity index (χ4n) is 2.50. The SMILES string of the molecule is CC(CN)CN1CCCN(CCS(=O)(=O)C(C)(C)C)CC1. The van der Waals surface area contributed by atoms with Crippen LogP contribution in [-0.4, -0.2) is 74.5 Å². The van der Waals surface area contributed by atoms with Crippen molar-refractivity contribution in [2.45, 2.75) is 38.9 Å². The second-order valence-corrected chi connectivity index (χ2v) is 10.1. The molecule has 1 atom stereocenters. The molecule has 126 valence electrons. The number of hydrogen-bond donors (Lipinski definition) is 1. The van der Waals surface area contributed by atoms with Crippen molar-refractivity contribution in [1.82, 2.24) is 9.80 Å². The third-order valence-electron chi connectivity index (χ3n) is 4.26. The number of nitrogens with zero attached hydrogens (tertiary/aromatic N) is 2. The van der Waals surface area contributed by atoms with E-state index in [2.05, 4.69) is 16.7 Å². The molecule has 0 radical (unpaired) electrons. The summed E-state index contributed by atoms with van der Waals surface area (Å²) in [5.41, 5.74) is 5.69. The van der Waals surface area contributed by atoms with Crippen LogP contribution in [0.15, 0.2) is 0 Å². The molecule has 0 amide bonds. The number of rotatable bonds is 6. The van der Waals surface area contributed by atoms with Gasteiger partial charge in [0.15, 0.2) is 9.84 Å². The lowest BCUT2D eigenvalue weighted by Crippen LogP contribution is -2.39. The molecule has 1 heterocycles. The molecule has 0 spiro atoms. The van der Waals surface area contributed by atoms with Gasteiger partial charge in [0.25, 0.3) is 0 Å². The van der Waals surface area contributed by atoms with Crippen molar-refractivity contribution in [2.24, 2.45) is 11.7 Å². The van der Waals surface area contributed by atoms with E-state index in [0.717, 1.165) is 45.7 Å². The molecule has 1 rings (SSSR count). The van der Waals surface area contributed by atoms with Crippen molar-refractivity contribution in [3.63, 3.8) is 0 Å². The number of nitrogens with two attached hydrogens (primary N) is 1. The Kier molecular flexibility index (Phi) is 7.10. The first-order valence-electron chi connectivity index (χ1n) is 8.03. The first kappa shape index (κ1) is 18.9. The maximum atomic E-state index is 12.2. The van der Waals surface area contributed by atoms with E-state index in [-0.39, 0.29) is 5.75 Å². The predicted octanol–water partition coefficient (Wildman–Crippen LogP) is 0.802. The van der Waals surface area contributed by atoms with Gasteiger partial charge in [0, 0.05) is 26.2 Å². The lowest BCUT2D eigenvalue weighted by atomic mass is 10.1. The summed E-state index contributed by atoms with van der Waals surface area (Å²) >= 11 is 0. The molecule has 0 aromatic heterocycles. The largest absolute Gasteiger partial charge is 0.330 e. The summed E-state index contributed by atoms with van der Waals surface area (Å²) in [5.74, 6) is 0.785. The summed E-state index contributed by atoms with van der Waals surface area (Å²) < 4.78 is 23.7. The van der Waals surface area contributed by atoms with Crippen molar-refractivity contribution in [2.75, 3.05) is 51.6 Å². The third kappa shape index (κ3) is 6.22. The molecule has 21 heavy (non-hydrogen) atoms. The molecule has 1 saturated heterocycles. The van der Waals surface area contributed by atoms with E-state index in [1.807, 2.05) is 0 Å². The van der Waals surface area contributed by atoms with E-state index in [4.69, 9.17) is 5.73 Å². The zero-order valence-electron chi connectivity index (χ0n) is 14.1. The van der Waals surface area contributed by atoms with E-state index in [1.54, 1.807) is 20.8 Å². The summed E-state index contributed by atoms with van der Waals surface area (Å²) in [5, 5.41) is 0. The van der Waals surface area contributed by atoms with Gasteiger partial charge in [-0.25, -0.2) is 8.42 Å². The monoisotopic (exact) mass is 319 g/mol. The summed E-state index contributed by atoms with van der Waals surface area (Å²) in [6.45, 7) is 14.0. The average Bonchev–Trinajstić information content (AvgIpc) is 2.60. The van der Waals surface area contributed by atoms with Crippen LogP contribution in [0.1, 0.15) is 34.1 Å². The highest BCUT2D eigenvalue weighted by molar-refractivity contribution is 7.92. The van der Waals surface area contributed by atoms with Gasteiger partial charge in [0.1, 0.15) is 0 Å². The molecule has 0 bridgehead atoms. The highest BCUT2D eigenvalue weighted by atomic mass is 32.2. The van der Waals surface area contributed by atoms with Crippen LogP contribution in [-0.2, 0) is 9.84 Å². The van der Waals surface area contributed by atoms with Gasteiger partial charge >= 0.3 is 0 Å². The molecule has 0 aromatic carbocycles. The van der Waals surface area contributed by atoms with Crippen molar-refractivity contribution >= 4 is 9.84 Å². The van der Waals surface area contributed by atoms with Gasteiger partial charge in [-0.1, -0.05) is 6.92 Å². The zero-order valence-corrected chi connectivity index (χ0v) is 15.0. The molecular weight excluding hydrogens is 286 g/mol. The van der Waals surface area contributed by atoms with Crippen LogP contribution >= 0.6 is 0 Å². The summed E-state index contributed by atoms with van der Waals surface area (Å²) in [4.78, 5) is 4.74. The Hall–Kier alpha value is -0.170. The summed E-state index contributed by atoms with van der Waals surface area (Å²) in [6, 6.07) is 0. The van der Waals surface area contributed by atoms with E-state index >= 15 is 0 Å². The van der Waals surface area contributed by atoms with Crippen molar-refractivity contribution in [3.05, 3.63) is 0 Å². The minimum absolute atomic E-state index is 0.260. The molecule has 2 N–H and O–H groups in total. The zero-order chi connectivity index (χ0) is 16.1. The van der Waals surface area contributed by atoms with Crippen LogP contribution in [0, 0.1) is 5.92 Å². The predicted molar refractivity (Wildman–Crippen MR) is 89.3 cm³/mol. The van der Waals surface area contributed by atoms with Gasteiger partial charge in [-0.3, -0.25) is 0 Å². The minimum Gasteiger partial charge on any atom is -0.330 e. The first-order chi connectivity index (χ1) is 9.65.